The van der Waals surface area contributed by atoms with E-state index in [4.69, 9.17) is 4.74 Å². The van der Waals surface area contributed by atoms with Crippen LogP contribution in [0.3, 0.4) is 0 Å². The van der Waals surface area contributed by atoms with Gasteiger partial charge in [0.25, 0.3) is 0 Å². The molecule has 0 saturated carbocycles. The second kappa shape index (κ2) is 4.02. The van der Waals surface area contributed by atoms with E-state index >= 15 is 0 Å². The summed E-state index contributed by atoms with van der Waals surface area (Å²) >= 11 is 0. The van der Waals surface area contributed by atoms with Crippen molar-refractivity contribution in [1.82, 2.24) is 0 Å². The lowest BCUT2D eigenvalue weighted by atomic mass is 9.75. The maximum absolute atomic E-state index is 6.53. The van der Waals surface area contributed by atoms with Crippen LogP contribution in [-0.4, -0.2) is 19.2 Å². The molecule has 1 fully saturated rings. The summed E-state index contributed by atoms with van der Waals surface area (Å²) in [6, 6.07) is 19.5. The second-order valence-electron chi connectivity index (χ2n) is 6.58. The SMILES string of the molecule is CN1c2ccccc2C23OCCC12CC=C3c1ccccc1. The summed E-state index contributed by atoms with van der Waals surface area (Å²) in [7, 11) is 2.23. The standard InChI is InChI=1S/C20H19NO/c1-21-18-10-6-5-9-17(18)20-16(15-7-3-2-4-8-15)11-12-19(20,21)13-14-22-20/h2-11H,12-14H2,1H3. The molecule has 0 aromatic heterocycles. The first kappa shape index (κ1) is 12.5. The highest BCUT2D eigenvalue weighted by Gasteiger charge is 2.68. The molecular weight excluding hydrogens is 270 g/mol. The summed E-state index contributed by atoms with van der Waals surface area (Å²) in [5.41, 5.74) is 5.06. The highest BCUT2D eigenvalue weighted by molar-refractivity contribution is 5.87. The number of para-hydroxylation sites is 1. The molecule has 3 aliphatic rings. The zero-order chi connectivity index (χ0) is 14.8. The Morgan fingerprint density at radius 3 is 2.64 bits per heavy atom. The zero-order valence-corrected chi connectivity index (χ0v) is 12.8. The average Bonchev–Trinajstić information content (AvgIpc) is 3.15. The van der Waals surface area contributed by atoms with Gasteiger partial charge in [0.2, 0.25) is 0 Å². The summed E-state index contributed by atoms with van der Waals surface area (Å²) in [5, 5.41) is 0. The molecule has 2 unspecified atom stereocenters. The molecule has 2 atom stereocenters. The van der Waals surface area contributed by atoms with Crippen molar-refractivity contribution in [2.24, 2.45) is 0 Å². The molecule has 2 heterocycles. The minimum atomic E-state index is -0.292. The molecule has 5 rings (SSSR count). The van der Waals surface area contributed by atoms with Crippen LogP contribution in [-0.2, 0) is 10.3 Å². The van der Waals surface area contributed by atoms with Gasteiger partial charge in [0.15, 0.2) is 0 Å². The van der Waals surface area contributed by atoms with E-state index in [0.29, 0.717) is 0 Å². The van der Waals surface area contributed by atoms with Gasteiger partial charge in [0, 0.05) is 18.3 Å². The Kier molecular flexibility index (Phi) is 2.28. The molecule has 1 saturated heterocycles. The molecule has 0 amide bonds. The second-order valence-corrected chi connectivity index (χ2v) is 6.58. The van der Waals surface area contributed by atoms with Crippen molar-refractivity contribution < 1.29 is 4.74 Å². The third-order valence-corrected chi connectivity index (χ3v) is 5.88. The van der Waals surface area contributed by atoms with Crippen molar-refractivity contribution in [3.8, 4) is 0 Å². The van der Waals surface area contributed by atoms with E-state index in [-0.39, 0.29) is 11.1 Å². The van der Waals surface area contributed by atoms with Gasteiger partial charge in [-0.15, -0.1) is 0 Å². The lowest BCUT2D eigenvalue weighted by Gasteiger charge is -2.40. The van der Waals surface area contributed by atoms with E-state index in [1.54, 1.807) is 0 Å². The summed E-state index contributed by atoms with van der Waals surface area (Å²) in [5.74, 6) is 0. The first-order valence-electron chi connectivity index (χ1n) is 8.03. The van der Waals surface area contributed by atoms with Crippen molar-refractivity contribution in [3.63, 3.8) is 0 Å². The van der Waals surface area contributed by atoms with Crippen molar-refractivity contribution >= 4 is 11.3 Å². The number of anilines is 1. The average molecular weight is 289 g/mol. The quantitative estimate of drug-likeness (QED) is 0.787. The smallest absolute Gasteiger partial charge is 0.144 e. The first-order valence-corrected chi connectivity index (χ1v) is 8.03. The molecule has 0 spiro atoms. The fourth-order valence-corrected chi connectivity index (χ4v) is 4.92. The number of rotatable bonds is 1. The van der Waals surface area contributed by atoms with E-state index in [1.807, 2.05) is 0 Å². The number of nitrogens with zero attached hydrogens (tertiary/aromatic N) is 1. The van der Waals surface area contributed by atoms with Crippen LogP contribution in [0, 0.1) is 0 Å². The van der Waals surface area contributed by atoms with Gasteiger partial charge in [-0.1, -0.05) is 54.6 Å². The third-order valence-electron chi connectivity index (χ3n) is 5.88. The molecule has 1 aliphatic carbocycles. The zero-order valence-electron chi connectivity index (χ0n) is 12.8. The molecule has 2 aliphatic heterocycles. The van der Waals surface area contributed by atoms with Crippen LogP contribution < -0.4 is 4.90 Å². The minimum absolute atomic E-state index is 0.0574. The van der Waals surface area contributed by atoms with Crippen LogP contribution in [0.15, 0.2) is 60.7 Å². The van der Waals surface area contributed by atoms with Gasteiger partial charge >= 0.3 is 0 Å². The maximum Gasteiger partial charge on any atom is 0.144 e. The molecular formula is C20H19NO. The van der Waals surface area contributed by atoms with Crippen molar-refractivity contribution in [2.75, 3.05) is 18.6 Å². The number of fused-ring (bicyclic) bond motifs is 1. The topological polar surface area (TPSA) is 12.5 Å². The van der Waals surface area contributed by atoms with Crippen LogP contribution in [0.2, 0.25) is 0 Å². The van der Waals surface area contributed by atoms with Gasteiger partial charge in [-0.05, 0) is 30.0 Å². The molecule has 2 heteroatoms. The van der Waals surface area contributed by atoms with E-state index in [9.17, 15) is 0 Å². The van der Waals surface area contributed by atoms with Crippen molar-refractivity contribution in [2.45, 2.75) is 24.0 Å². The number of likely N-dealkylation sites (N-methyl/N-ethyl adjacent to an activating group) is 1. The van der Waals surface area contributed by atoms with E-state index in [0.717, 1.165) is 19.4 Å². The predicted octanol–water partition coefficient (Wildman–Crippen LogP) is 3.98. The van der Waals surface area contributed by atoms with Crippen LogP contribution >= 0.6 is 0 Å². The lowest BCUT2D eigenvalue weighted by Crippen LogP contribution is -2.51. The minimum Gasteiger partial charge on any atom is -0.365 e. The summed E-state index contributed by atoms with van der Waals surface area (Å²) in [6.07, 6.45) is 4.55. The van der Waals surface area contributed by atoms with Gasteiger partial charge < -0.3 is 9.64 Å². The molecule has 0 radical (unpaired) electrons. The number of hydrogen-bond donors (Lipinski definition) is 0. The molecule has 2 nitrogen and oxygen atoms in total. The Bertz CT molecular complexity index is 781. The largest absolute Gasteiger partial charge is 0.365 e. The normalized spacial score (nSPS) is 31.7. The molecule has 22 heavy (non-hydrogen) atoms. The van der Waals surface area contributed by atoms with E-state index in [2.05, 4.69) is 72.6 Å². The molecule has 0 N–H and O–H groups in total. The van der Waals surface area contributed by atoms with Crippen LogP contribution in [0.25, 0.3) is 5.57 Å². The van der Waals surface area contributed by atoms with Crippen LogP contribution in [0.1, 0.15) is 24.0 Å². The number of benzene rings is 2. The van der Waals surface area contributed by atoms with E-state index in [1.165, 1.54) is 22.4 Å². The third kappa shape index (κ3) is 1.18. The molecule has 2 aromatic rings. The fourth-order valence-electron chi connectivity index (χ4n) is 4.92. The van der Waals surface area contributed by atoms with Gasteiger partial charge in [0.05, 0.1) is 12.1 Å². The fraction of sp³-hybridized carbons (Fsp3) is 0.300. The van der Waals surface area contributed by atoms with Gasteiger partial charge in [-0.25, -0.2) is 0 Å². The first-order chi connectivity index (χ1) is 10.8. The Morgan fingerprint density at radius 1 is 1.00 bits per heavy atom. The number of ether oxygens (including phenoxy) is 1. The summed E-state index contributed by atoms with van der Waals surface area (Å²) in [4.78, 5) is 2.47. The summed E-state index contributed by atoms with van der Waals surface area (Å²) in [6.45, 7) is 0.836. The summed E-state index contributed by atoms with van der Waals surface area (Å²) < 4.78 is 6.53. The van der Waals surface area contributed by atoms with E-state index < -0.39 is 0 Å². The van der Waals surface area contributed by atoms with Crippen molar-refractivity contribution in [1.29, 1.82) is 0 Å². The monoisotopic (exact) mass is 289 g/mol. The van der Waals surface area contributed by atoms with Gasteiger partial charge in [-0.3, -0.25) is 0 Å². The van der Waals surface area contributed by atoms with Crippen LogP contribution in [0.5, 0.6) is 0 Å². The number of hydrogen-bond acceptors (Lipinski definition) is 2. The lowest BCUT2D eigenvalue weighted by molar-refractivity contribution is 0.0311. The van der Waals surface area contributed by atoms with Crippen LogP contribution in [0.4, 0.5) is 5.69 Å². The van der Waals surface area contributed by atoms with Crippen molar-refractivity contribution in [3.05, 3.63) is 71.8 Å². The highest BCUT2D eigenvalue weighted by atomic mass is 16.5. The molecule has 0 bridgehead atoms. The Morgan fingerprint density at radius 2 is 1.77 bits per heavy atom. The maximum atomic E-state index is 6.53. The molecule has 2 aromatic carbocycles. The Balaban J connectivity index is 1.80. The predicted molar refractivity (Wildman–Crippen MR) is 88.9 cm³/mol. The molecule has 110 valence electrons. The highest BCUT2D eigenvalue weighted by Crippen LogP contribution is 2.66. The van der Waals surface area contributed by atoms with Gasteiger partial charge in [0.1, 0.15) is 5.60 Å². The Hall–Kier alpha value is -2.06. The Labute approximate surface area is 131 Å². The van der Waals surface area contributed by atoms with Gasteiger partial charge in [-0.2, -0.15) is 0 Å².